The molecule has 236 valence electrons. The Morgan fingerprint density at radius 2 is 1.57 bits per heavy atom. The molecule has 12 heteroatoms. The number of halogens is 2. The number of anilines is 1. The van der Waals surface area contributed by atoms with Crippen LogP contribution in [-0.2, 0) is 23.4 Å². The minimum atomic E-state index is -3.97. The molecule has 3 aromatic carbocycles. The number of nitrogens with one attached hydrogen (secondary N) is 1. The van der Waals surface area contributed by atoms with Crippen molar-refractivity contribution in [2.24, 2.45) is 5.92 Å². The molecule has 5 atom stereocenters. The second kappa shape index (κ2) is 14.4. The molecular weight excluding hydrogens is 593 g/mol. The number of ether oxygens (including phenoxy) is 1. The Bertz CT molecular complexity index is 1470. The smallest absolute Gasteiger partial charge is 0.459 e. The van der Waals surface area contributed by atoms with Crippen LogP contribution in [0, 0.1) is 17.6 Å². The summed E-state index contributed by atoms with van der Waals surface area (Å²) in [5.74, 6) is -1.92. The molecule has 0 aromatic heterocycles. The van der Waals surface area contributed by atoms with Gasteiger partial charge in [0.2, 0.25) is 5.91 Å². The lowest BCUT2D eigenvalue weighted by Crippen LogP contribution is -2.55. The van der Waals surface area contributed by atoms with Crippen molar-refractivity contribution < 1.29 is 41.8 Å². The Kier molecular flexibility index (Phi) is 10.9. The van der Waals surface area contributed by atoms with Gasteiger partial charge in [-0.05, 0) is 100 Å². The minimum Gasteiger partial charge on any atom is -0.462 e. The molecule has 1 heterocycles. The maximum atomic E-state index is 13.6. The molecule has 0 spiro atoms. The highest BCUT2D eigenvalue weighted by molar-refractivity contribution is 7.52. The number of aliphatic hydroxyl groups is 1. The molecule has 1 aliphatic rings. The molecule has 1 amide bonds. The number of amides is 1. The molecule has 2 N–H and O–H groups in total. The summed E-state index contributed by atoms with van der Waals surface area (Å²) >= 11 is 0. The lowest BCUT2D eigenvalue weighted by molar-refractivity contribution is -0.149. The van der Waals surface area contributed by atoms with E-state index in [-0.39, 0.29) is 30.8 Å². The van der Waals surface area contributed by atoms with Crippen molar-refractivity contribution in [3.8, 4) is 5.75 Å². The number of hydrogen-bond acceptors (Lipinski definition) is 7. The van der Waals surface area contributed by atoms with E-state index < -0.39 is 49.5 Å². The van der Waals surface area contributed by atoms with Crippen molar-refractivity contribution in [2.75, 3.05) is 11.5 Å². The molecule has 44 heavy (non-hydrogen) atoms. The topological polar surface area (TPSA) is 114 Å². The van der Waals surface area contributed by atoms with Crippen LogP contribution in [0.2, 0.25) is 0 Å². The van der Waals surface area contributed by atoms with Crippen molar-refractivity contribution in [1.29, 1.82) is 0 Å². The summed E-state index contributed by atoms with van der Waals surface area (Å²) in [4.78, 5) is 27.2. The van der Waals surface area contributed by atoms with E-state index in [0.29, 0.717) is 17.7 Å². The van der Waals surface area contributed by atoms with Gasteiger partial charge in [-0.25, -0.2) is 13.3 Å². The number of hydrogen-bond donors (Lipinski definition) is 2. The van der Waals surface area contributed by atoms with Crippen LogP contribution >= 0.6 is 7.75 Å². The first-order valence-corrected chi connectivity index (χ1v) is 16.0. The van der Waals surface area contributed by atoms with Crippen LogP contribution in [-0.4, -0.2) is 35.7 Å². The predicted molar refractivity (Wildman–Crippen MR) is 161 cm³/mol. The first kappa shape index (κ1) is 33.3. The van der Waals surface area contributed by atoms with Gasteiger partial charge >= 0.3 is 13.7 Å². The molecule has 9 nitrogen and oxygen atoms in total. The van der Waals surface area contributed by atoms with Crippen LogP contribution < -0.4 is 14.5 Å². The maximum absolute atomic E-state index is 13.6. The number of β-lactam (4-membered cyclic amide) rings is 1. The predicted octanol–water partition coefficient (Wildman–Crippen LogP) is 6.64. The number of carbonyl (C=O) groups excluding carboxylic acids is 2. The zero-order chi connectivity index (χ0) is 32.0. The van der Waals surface area contributed by atoms with Gasteiger partial charge in [-0.2, -0.15) is 5.09 Å². The second-order valence-corrected chi connectivity index (χ2v) is 12.5. The van der Waals surface area contributed by atoms with Crippen LogP contribution in [0.15, 0.2) is 72.8 Å². The largest absolute Gasteiger partial charge is 0.462 e. The molecule has 1 fully saturated rings. The summed E-state index contributed by atoms with van der Waals surface area (Å²) in [7, 11) is -3.97. The average Bonchev–Trinajstić information content (AvgIpc) is 2.97. The first-order chi connectivity index (χ1) is 20.9. The number of aliphatic hydroxyl groups excluding tert-OH is 1. The fraction of sp³-hybridized carbons (Fsp3) is 0.375. The zero-order valence-corrected chi connectivity index (χ0v) is 25.9. The van der Waals surface area contributed by atoms with Crippen LogP contribution in [0.5, 0.6) is 5.75 Å². The summed E-state index contributed by atoms with van der Waals surface area (Å²) < 4.78 is 56.6. The van der Waals surface area contributed by atoms with E-state index in [4.69, 9.17) is 13.8 Å². The highest BCUT2D eigenvalue weighted by Gasteiger charge is 2.48. The average molecular weight is 631 g/mol. The molecule has 4 rings (SSSR count). The molecule has 0 aliphatic carbocycles. The normalized spacial score (nSPS) is 19.2. The Morgan fingerprint density at radius 1 is 0.977 bits per heavy atom. The minimum absolute atomic E-state index is 0.0522. The van der Waals surface area contributed by atoms with Gasteiger partial charge in [0.15, 0.2) is 0 Å². The third-order valence-electron chi connectivity index (χ3n) is 7.13. The summed E-state index contributed by atoms with van der Waals surface area (Å²) in [6, 6.07) is 16.4. The lowest BCUT2D eigenvalue weighted by Gasteiger charge is -2.48. The standard InChI is InChI=1S/C32H37F2N2O7P/c1-5-41-44(40,35-21(4)32(39)42-20(2)3)43-27-16-8-23(9-17-27)30-28(18-19-29(37)22-6-10-24(33)11-7-22)31(38)36(30)26-14-12-25(34)13-15-26/h6-17,20-21,28-30,37H,5,18-19H2,1-4H3,(H,35,40)/t21-,28-,29+,30-,44?/m0/s1. The molecule has 0 saturated carbocycles. The van der Waals surface area contributed by atoms with Crippen LogP contribution in [0.25, 0.3) is 0 Å². The number of nitrogens with zero attached hydrogens (tertiary/aromatic N) is 1. The Hall–Kier alpha value is -3.63. The van der Waals surface area contributed by atoms with Crippen molar-refractivity contribution in [1.82, 2.24) is 5.09 Å². The number of benzene rings is 3. The maximum Gasteiger partial charge on any atom is 0.459 e. The second-order valence-electron chi connectivity index (χ2n) is 10.8. The Morgan fingerprint density at radius 3 is 2.14 bits per heavy atom. The van der Waals surface area contributed by atoms with E-state index >= 15 is 0 Å². The van der Waals surface area contributed by atoms with E-state index in [1.807, 2.05) is 0 Å². The fourth-order valence-corrected chi connectivity index (χ4v) is 6.54. The summed E-state index contributed by atoms with van der Waals surface area (Å²) in [6.07, 6.45) is -0.640. The zero-order valence-electron chi connectivity index (χ0n) is 25.0. The summed E-state index contributed by atoms with van der Waals surface area (Å²) in [6.45, 7) is 6.60. The Labute approximate surface area is 255 Å². The van der Waals surface area contributed by atoms with E-state index in [2.05, 4.69) is 5.09 Å². The van der Waals surface area contributed by atoms with Gasteiger partial charge in [0, 0.05) is 5.69 Å². The van der Waals surface area contributed by atoms with Gasteiger partial charge in [0.05, 0.1) is 30.8 Å². The number of esters is 1. The van der Waals surface area contributed by atoms with E-state index in [0.717, 1.165) is 5.56 Å². The molecule has 0 radical (unpaired) electrons. The van der Waals surface area contributed by atoms with Crippen molar-refractivity contribution in [2.45, 2.75) is 64.8 Å². The van der Waals surface area contributed by atoms with Gasteiger partial charge < -0.3 is 19.3 Å². The molecule has 3 aromatic rings. The van der Waals surface area contributed by atoms with Gasteiger partial charge in [0.25, 0.3) is 0 Å². The lowest BCUT2D eigenvalue weighted by atomic mass is 9.78. The van der Waals surface area contributed by atoms with Crippen LogP contribution in [0.1, 0.15) is 63.8 Å². The van der Waals surface area contributed by atoms with Crippen LogP contribution in [0.4, 0.5) is 14.5 Å². The Balaban J connectivity index is 1.53. The fourth-order valence-electron chi connectivity index (χ4n) is 5.04. The molecule has 1 unspecified atom stereocenters. The molecule has 1 saturated heterocycles. The first-order valence-electron chi connectivity index (χ1n) is 14.5. The molecule has 1 aliphatic heterocycles. The van der Waals surface area contributed by atoms with E-state index in [1.54, 1.807) is 49.9 Å². The van der Waals surface area contributed by atoms with Crippen molar-refractivity contribution in [3.05, 3.63) is 95.6 Å². The number of rotatable bonds is 14. The number of carbonyl (C=O) groups is 2. The third-order valence-corrected chi connectivity index (χ3v) is 8.88. The van der Waals surface area contributed by atoms with E-state index in [1.165, 1.54) is 55.5 Å². The highest BCUT2D eigenvalue weighted by Crippen LogP contribution is 2.48. The van der Waals surface area contributed by atoms with Gasteiger partial charge in [0.1, 0.15) is 23.4 Å². The van der Waals surface area contributed by atoms with Gasteiger partial charge in [-0.3, -0.25) is 14.1 Å². The monoisotopic (exact) mass is 630 g/mol. The van der Waals surface area contributed by atoms with Crippen LogP contribution in [0.3, 0.4) is 0 Å². The SMILES string of the molecule is CCOP(=O)(N[C@@H](C)C(=O)OC(C)C)Oc1ccc([C@H]2[C@H](CC[C@@H](O)c3ccc(F)cc3)C(=O)N2c2ccc(F)cc2)cc1. The van der Waals surface area contributed by atoms with Crippen molar-refractivity contribution in [3.63, 3.8) is 0 Å². The summed E-state index contributed by atoms with van der Waals surface area (Å²) in [5.41, 5.74) is 1.80. The third kappa shape index (κ3) is 8.09. The highest BCUT2D eigenvalue weighted by atomic mass is 31.2. The molecular formula is C32H37F2N2O7P. The summed E-state index contributed by atoms with van der Waals surface area (Å²) in [5, 5.41) is 13.3. The van der Waals surface area contributed by atoms with Gasteiger partial charge in [-0.1, -0.05) is 24.3 Å². The molecule has 0 bridgehead atoms. The van der Waals surface area contributed by atoms with Crippen molar-refractivity contribution >= 4 is 25.3 Å². The quantitative estimate of drug-likeness (QED) is 0.116. The van der Waals surface area contributed by atoms with Gasteiger partial charge in [-0.15, -0.1) is 0 Å². The van der Waals surface area contributed by atoms with E-state index in [9.17, 15) is 28.0 Å².